The summed E-state index contributed by atoms with van der Waals surface area (Å²) in [6.45, 7) is 0. The van der Waals surface area contributed by atoms with E-state index in [2.05, 4.69) is 0 Å². The Kier molecular flexibility index (Phi) is 3.03. The number of nitrogens with zero attached hydrogens (tertiary/aromatic N) is 1. The molecule has 2 aliphatic carbocycles. The van der Waals surface area contributed by atoms with E-state index in [1.54, 1.807) is 24.3 Å². The number of imide groups is 1. The summed E-state index contributed by atoms with van der Waals surface area (Å²) in [6, 6.07) is 6.52. The van der Waals surface area contributed by atoms with Crippen LogP contribution in [0.2, 0.25) is 0 Å². The summed E-state index contributed by atoms with van der Waals surface area (Å²) in [4.78, 5) is 41.8. The van der Waals surface area contributed by atoms with Gasteiger partial charge in [-0.2, -0.15) is 0 Å². The van der Waals surface area contributed by atoms with Gasteiger partial charge >= 0.3 is 5.97 Å². The van der Waals surface area contributed by atoms with Crippen molar-refractivity contribution in [3.05, 3.63) is 35.4 Å². The summed E-state index contributed by atoms with van der Waals surface area (Å²) in [7, 11) is 0. The highest BCUT2D eigenvalue weighted by molar-refractivity contribution is 6.20. The normalized spacial score (nSPS) is 29.6. The Balaban J connectivity index is 1.47. The summed E-state index contributed by atoms with van der Waals surface area (Å²) in [6.07, 6.45) is 5.44. The number of carbonyl (C=O) groups excluding carboxylic acids is 3. The number of rotatable bonds is 2. The summed E-state index contributed by atoms with van der Waals surface area (Å²) in [5.41, 5.74) is 0.592. The van der Waals surface area contributed by atoms with Crippen LogP contribution < -0.4 is 0 Å². The van der Waals surface area contributed by atoms with E-state index in [1.807, 2.05) is 0 Å². The summed E-state index contributed by atoms with van der Waals surface area (Å²) >= 11 is 0. The van der Waals surface area contributed by atoms with Gasteiger partial charge in [0, 0.05) is 0 Å². The molecule has 1 aromatic rings. The van der Waals surface area contributed by atoms with Crippen molar-refractivity contribution >= 4 is 17.8 Å². The van der Waals surface area contributed by atoms with E-state index in [1.165, 1.54) is 12.8 Å². The smallest absolute Gasteiger partial charge is 0.329 e. The minimum Gasteiger partial charge on any atom is -0.329 e. The van der Waals surface area contributed by atoms with Gasteiger partial charge in [-0.3, -0.25) is 9.59 Å². The number of amides is 2. The molecule has 3 atom stereocenters. The van der Waals surface area contributed by atoms with E-state index in [0.29, 0.717) is 28.0 Å². The van der Waals surface area contributed by atoms with E-state index >= 15 is 0 Å². The van der Waals surface area contributed by atoms with Crippen LogP contribution in [0.1, 0.15) is 52.8 Å². The largest absolute Gasteiger partial charge is 0.336 e. The van der Waals surface area contributed by atoms with E-state index in [-0.39, 0.29) is 5.92 Å². The Morgan fingerprint density at radius 1 is 1.05 bits per heavy atom. The molecule has 5 heteroatoms. The zero-order chi connectivity index (χ0) is 15.3. The molecule has 0 spiro atoms. The van der Waals surface area contributed by atoms with Crippen LogP contribution in [-0.4, -0.2) is 22.8 Å². The quantitative estimate of drug-likeness (QED) is 0.787. The van der Waals surface area contributed by atoms with Gasteiger partial charge in [0.25, 0.3) is 11.8 Å². The molecule has 0 aromatic heterocycles. The molecule has 2 fully saturated rings. The Hall–Kier alpha value is -2.17. The van der Waals surface area contributed by atoms with Gasteiger partial charge in [-0.25, -0.2) is 4.79 Å². The number of fused-ring (bicyclic) bond motifs is 2. The number of hydrogen-bond donors (Lipinski definition) is 0. The lowest BCUT2D eigenvalue weighted by molar-refractivity contribution is -0.184. The molecule has 1 heterocycles. The molecule has 0 radical (unpaired) electrons. The molecule has 0 unspecified atom stereocenters. The molecule has 3 aliphatic rings. The summed E-state index contributed by atoms with van der Waals surface area (Å²) in [5.74, 6) is -0.695. The van der Waals surface area contributed by atoms with Gasteiger partial charge in [0.15, 0.2) is 0 Å². The van der Waals surface area contributed by atoms with Crippen LogP contribution in [0, 0.1) is 17.8 Å². The van der Waals surface area contributed by atoms with Crippen LogP contribution in [0.4, 0.5) is 0 Å². The number of benzene rings is 1. The van der Waals surface area contributed by atoms with Crippen LogP contribution in [0.15, 0.2) is 24.3 Å². The van der Waals surface area contributed by atoms with E-state index in [4.69, 9.17) is 4.84 Å². The third-order valence-corrected chi connectivity index (χ3v) is 5.28. The first-order valence-corrected chi connectivity index (χ1v) is 7.86. The first-order chi connectivity index (χ1) is 10.7. The Labute approximate surface area is 128 Å². The lowest BCUT2D eigenvalue weighted by atomic mass is 9.59. The third kappa shape index (κ3) is 1.88. The van der Waals surface area contributed by atoms with Crippen LogP contribution >= 0.6 is 0 Å². The average molecular weight is 299 g/mol. The molecule has 0 N–H and O–H groups in total. The van der Waals surface area contributed by atoms with Gasteiger partial charge in [0.05, 0.1) is 17.0 Å². The van der Waals surface area contributed by atoms with Crippen LogP contribution in [-0.2, 0) is 9.63 Å². The molecule has 2 amide bonds. The van der Waals surface area contributed by atoms with Crippen molar-refractivity contribution in [1.82, 2.24) is 5.06 Å². The highest BCUT2D eigenvalue weighted by Gasteiger charge is 2.48. The van der Waals surface area contributed by atoms with Gasteiger partial charge in [0.1, 0.15) is 0 Å². The molecule has 0 saturated heterocycles. The molecule has 0 bridgehead atoms. The molecule has 2 saturated carbocycles. The second kappa shape index (κ2) is 4.93. The van der Waals surface area contributed by atoms with Crippen molar-refractivity contribution in [2.75, 3.05) is 0 Å². The van der Waals surface area contributed by atoms with E-state index < -0.39 is 17.8 Å². The second-order valence-electron chi connectivity index (χ2n) is 6.41. The SMILES string of the molecule is O=C(ON1C(=O)c2ccccc2C1=O)[C@H]1C[C@H]2CCCC[C@H]21. The maximum atomic E-state index is 12.3. The van der Waals surface area contributed by atoms with Crippen molar-refractivity contribution < 1.29 is 19.2 Å². The maximum Gasteiger partial charge on any atom is 0.336 e. The molecular weight excluding hydrogens is 282 g/mol. The standard InChI is InChI=1S/C17H17NO4/c19-15-12-7-3-4-8-13(12)16(20)18(15)22-17(21)14-9-10-5-1-2-6-11(10)14/h3-4,7-8,10-11,14H,1-2,5-6,9H2/t10-,11-,14+/m1/s1. The molecular formula is C17H17NO4. The van der Waals surface area contributed by atoms with Crippen LogP contribution in [0.5, 0.6) is 0 Å². The fourth-order valence-corrected chi connectivity index (χ4v) is 4.04. The molecule has 1 aliphatic heterocycles. The molecule has 5 nitrogen and oxygen atoms in total. The van der Waals surface area contributed by atoms with Crippen LogP contribution in [0.3, 0.4) is 0 Å². The summed E-state index contributed by atoms with van der Waals surface area (Å²) < 4.78 is 0. The minimum absolute atomic E-state index is 0.158. The highest BCUT2D eigenvalue weighted by Crippen LogP contribution is 2.49. The van der Waals surface area contributed by atoms with Crippen molar-refractivity contribution in [3.8, 4) is 0 Å². The zero-order valence-corrected chi connectivity index (χ0v) is 12.2. The lowest BCUT2D eigenvalue weighted by Crippen LogP contribution is -2.46. The monoisotopic (exact) mass is 299 g/mol. The van der Waals surface area contributed by atoms with E-state index in [0.717, 1.165) is 19.3 Å². The molecule has 114 valence electrons. The fourth-order valence-electron chi connectivity index (χ4n) is 4.04. The first kappa shape index (κ1) is 13.5. The minimum atomic E-state index is -0.548. The van der Waals surface area contributed by atoms with Gasteiger partial charge in [-0.15, -0.1) is 0 Å². The van der Waals surface area contributed by atoms with Gasteiger partial charge in [-0.05, 0) is 36.8 Å². The van der Waals surface area contributed by atoms with Gasteiger partial charge < -0.3 is 4.84 Å². The van der Waals surface area contributed by atoms with Crippen molar-refractivity contribution in [1.29, 1.82) is 0 Å². The molecule has 22 heavy (non-hydrogen) atoms. The highest BCUT2D eigenvalue weighted by atomic mass is 16.7. The topological polar surface area (TPSA) is 63.7 Å². The van der Waals surface area contributed by atoms with Gasteiger partial charge in [0.2, 0.25) is 0 Å². The fraction of sp³-hybridized carbons (Fsp3) is 0.471. The predicted octanol–water partition coefficient (Wildman–Crippen LogP) is 2.57. The third-order valence-electron chi connectivity index (χ3n) is 5.28. The molecule has 1 aromatic carbocycles. The Bertz CT molecular complexity index is 633. The Morgan fingerprint density at radius 2 is 1.68 bits per heavy atom. The maximum absolute atomic E-state index is 12.3. The predicted molar refractivity (Wildman–Crippen MR) is 76.6 cm³/mol. The number of hydroxylamine groups is 2. The average Bonchev–Trinajstić information content (AvgIpc) is 2.74. The zero-order valence-electron chi connectivity index (χ0n) is 12.2. The first-order valence-electron chi connectivity index (χ1n) is 7.86. The molecule has 4 rings (SSSR count). The summed E-state index contributed by atoms with van der Waals surface area (Å²) in [5, 5.41) is 0.628. The van der Waals surface area contributed by atoms with Gasteiger partial charge in [-0.1, -0.05) is 36.5 Å². The number of hydrogen-bond acceptors (Lipinski definition) is 4. The van der Waals surface area contributed by atoms with Crippen molar-refractivity contribution in [3.63, 3.8) is 0 Å². The van der Waals surface area contributed by atoms with Crippen LogP contribution in [0.25, 0.3) is 0 Å². The lowest BCUT2D eigenvalue weighted by Gasteiger charge is -2.46. The number of carbonyl (C=O) groups is 3. The van der Waals surface area contributed by atoms with Crippen molar-refractivity contribution in [2.24, 2.45) is 17.8 Å². The Morgan fingerprint density at radius 3 is 2.32 bits per heavy atom. The van der Waals surface area contributed by atoms with Crippen molar-refractivity contribution in [2.45, 2.75) is 32.1 Å². The second-order valence-corrected chi connectivity index (χ2v) is 6.41. The van der Waals surface area contributed by atoms with E-state index in [9.17, 15) is 14.4 Å².